The molecule has 0 aromatic heterocycles. The van der Waals surface area contributed by atoms with E-state index in [1.54, 1.807) is 7.11 Å². The highest BCUT2D eigenvalue weighted by molar-refractivity contribution is 5.94. The van der Waals surface area contributed by atoms with E-state index >= 15 is 0 Å². The fourth-order valence-corrected chi connectivity index (χ4v) is 3.65. The summed E-state index contributed by atoms with van der Waals surface area (Å²) >= 11 is 0. The van der Waals surface area contributed by atoms with E-state index in [1.807, 2.05) is 61.5 Å². The molecule has 1 amide bonds. The van der Waals surface area contributed by atoms with Crippen molar-refractivity contribution in [2.45, 2.75) is 18.3 Å². The molecule has 144 valence electrons. The molecule has 0 saturated carbocycles. The van der Waals surface area contributed by atoms with Crippen LogP contribution in [0.25, 0.3) is 0 Å². The quantitative estimate of drug-likeness (QED) is 0.850. The van der Waals surface area contributed by atoms with Gasteiger partial charge in [-0.15, -0.1) is 0 Å². The lowest BCUT2D eigenvalue weighted by Crippen LogP contribution is -2.44. The lowest BCUT2D eigenvalue weighted by Gasteiger charge is -2.38. The van der Waals surface area contributed by atoms with E-state index in [1.165, 1.54) is 0 Å². The highest BCUT2D eigenvalue weighted by Gasteiger charge is 2.37. The van der Waals surface area contributed by atoms with Gasteiger partial charge in [0.2, 0.25) is 0 Å². The summed E-state index contributed by atoms with van der Waals surface area (Å²) < 4.78 is 11.2. The van der Waals surface area contributed by atoms with Gasteiger partial charge in [-0.05, 0) is 43.2 Å². The Kier molecular flexibility index (Phi) is 6.01. The normalized spacial score (nSPS) is 15.8. The number of rotatable bonds is 6. The van der Waals surface area contributed by atoms with E-state index in [-0.39, 0.29) is 11.3 Å². The average molecular weight is 368 g/mol. The number of para-hydroxylation sites is 1. The largest absolute Gasteiger partial charge is 0.496 e. The summed E-state index contributed by atoms with van der Waals surface area (Å²) in [6.45, 7) is 1.93. The first-order valence-electron chi connectivity index (χ1n) is 9.32. The minimum absolute atomic E-state index is 0.0546. The fourth-order valence-electron chi connectivity index (χ4n) is 3.65. The van der Waals surface area contributed by atoms with Crippen molar-refractivity contribution in [1.29, 1.82) is 0 Å². The SMILES string of the molecule is COc1ccccc1C1(CNC(=O)c2ccc(N(C)C)cc2)CCOCC1. The molecule has 0 bridgehead atoms. The zero-order chi connectivity index (χ0) is 19.3. The van der Waals surface area contributed by atoms with Crippen LogP contribution in [-0.2, 0) is 10.2 Å². The van der Waals surface area contributed by atoms with Crippen molar-refractivity contribution in [2.24, 2.45) is 0 Å². The van der Waals surface area contributed by atoms with Gasteiger partial charge in [0.05, 0.1) is 7.11 Å². The Morgan fingerprint density at radius 3 is 2.41 bits per heavy atom. The molecule has 1 aliphatic heterocycles. The van der Waals surface area contributed by atoms with Crippen LogP contribution in [0.1, 0.15) is 28.8 Å². The van der Waals surface area contributed by atoms with Crippen molar-refractivity contribution < 1.29 is 14.3 Å². The van der Waals surface area contributed by atoms with Crippen LogP contribution in [0.5, 0.6) is 5.75 Å². The number of anilines is 1. The Morgan fingerprint density at radius 2 is 1.78 bits per heavy atom. The number of hydrogen-bond donors (Lipinski definition) is 1. The summed E-state index contributed by atoms with van der Waals surface area (Å²) in [6.07, 6.45) is 1.71. The maximum absolute atomic E-state index is 12.7. The third kappa shape index (κ3) is 4.25. The number of carbonyl (C=O) groups excluding carboxylic acids is 1. The molecular weight excluding hydrogens is 340 g/mol. The van der Waals surface area contributed by atoms with Crippen LogP contribution in [-0.4, -0.2) is 46.9 Å². The molecule has 1 heterocycles. The second-order valence-corrected chi connectivity index (χ2v) is 7.22. The van der Waals surface area contributed by atoms with Crippen LogP contribution in [0.3, 0.4) is 0 Å². The Bertz CT molecular complexity index is 765. The molecule has 0 spiro atoms. The van der Waals surface area contributed by atoms with Crippen molar-refractivity contribution in [3.63, 3.8) is 0 Å². The fraction of sp³-hybridized carbons (Fsp3) is 0.409. The molecule has 2 aromatic rings. The molecule has 0 aliphatic carbocycles. The Hall–Kier alpha value is -2.53. The standard InChI is InChI=1S/C22H28N2O3/c1-24(2)18-10-8-17(9-11-18)21(25)23-16-22(12-14-27-15-13-22)19-6-4-5-7-20(19)26-3/h4-11H,12-16H2,1-3H3,(H,23,25). The monoisotopic (exact) mass is 368 g/mol. The Morgan fingerprint density at radius 1 is 1.11 bits per heavy atom. The summed E-state index contributed by atoms with van der Waals surface area (Å²) in [5, 5.41) is 3.14. The minimum Gasteiger partial charge on any atom is -0.496 e. The second-order valence-electron chi connectivity index (χ2n) is 7.22. The number of nitrogens with zero attached hydrogens (tertiary/aromatic N) is 1. The van der Waals surface area contributed by atoms with Crippen LogP contribution in [0.15, 0.2) is 48.5 Å². The van der Waals surface area contributed by atoms with E-state index in [4.69, 9.17) is 9.47 Å². The molecule has 1 N–H and O–H groups in total. The van der Waals surface area contributed by atoms with Gasteiger partial charge in [0.15, 0.2) is 0 Å². The smallest absolute Gasteiger partial charge is 0.251 e. The van der Waals surface area contributed by atoms with Gasteiger partial charge in [-0.2, -0.15) is 0 Å². The topological polar surface area (TPSA) is 50.8 Å². The van der Waals surface area contributed by atoms with Crippen molar-refractivity contribution in [3.05, 3.63) is 59.7 Å². The molecule has 0 radical (unpaired) electrons. The minimum atomic E-state index is -0.176. The number of benzene rings is 2. The molecule has 0 atom stereocenters. The van der Waals surface area contributed by atoms with Crippen molar-refractivity contribution in [1.82, 2.24) is 5.32 Å². The lowest BCUT2D eigenvalue weighted by molar-refractivity contribution is 0.0479. The van der Waals surface area contributed by atoms with Crippen molar-refractivity contribution in [2.75, 3.05) is 45.9 Å². The lowest BCUT2D eigenvalue weighted by atomic mass is 9.73. The van der Waals surface area contributed by atoms with Crippen molar-refractivity contribution >= 4 is 11.6 Å². The Labute approximate surface area is 161 Å². The molecule has 1 aliphatic rings. The molecule has 1 saturated heterocycles. The predicted octanol–water partition coefficient (Wildman–Crippen LogP) is 3.24. The number of nitrogens with one attached hydrogen (secondary N) is 1. The molecule has 3 rings (SSSR count). The van der Waals surface area contributed by atoms with Gasteiger partial charge in [-0.1, -0.05) is 18.2 Å². The summed E-state index contributed by atoms with van der Waals surface area (Å²) in [5.74, 6) is 0.810. The van der Waals surface area contributed by atoms with Gasteiger partial charge in [0.1, 0.15) is 5.75 Å². The van der Waals surface area contributed by atoms with Crippen LogP contribution in [0.4, 0.5) is 5.69 Å². The van der Waals surface area contributed by atoms with Crippen molar-refractivity contribution in [3.8, 4) is 5.75 Å². The maximum atomic E-state index is 12.7. The van der Waals surface area contributed by atoms with Crippen LogP contribution >= 0.6 is 0 Å². The third-order valence-corrected chi connectivity index (χ3v) is 5.36. The highest BCUT2D eigenvalue weighted by Crippen LogP contribution is 2.39. The molecule has 2 aromatic carbocycles. The summed E-state index contributed by atoms with van der Waals surface area (Å²) in [6, 6.07) is 15.7. The van der Waals surface area contributed by atoms with E-state index < -0.39 is 0 Å². The second kappa shape index (κ2) is 8.44. The first kappa shape index (κ1) is 19.2. The number of ether oxygens (including phenoxy) is 2. The molecule has 5 nitrogen and oxygen atoms in total. The zero-order valence-electron chi connectivity index (χ0n) is 16.3. The third-order valence-electron chi connectivity index (χ3n) is 5.36. The summed E-state index contributed by atoms with van der Waals surface area (Å²) in [7, 11) is 5.66. The number of amides is 1. The zero-order valence-corrected chi connectivity index (χ0v) is 16.3. The van der Waals surface area contributed by atoms with Crippen LogP contribution in [0, 0.1) is 0 Å². The number of hydrogen-bond acceptors (Lipinski definition) is 4. The maximum Gasteiger partial charge on any atom is 0.251 e. The van der Waals surface area contributed by atoms with Crippen LogP contribution in [0.2, 0.25) is 0 Å². The number of methoxy groups -OCH3 is 1. The van der Waals surface area contributed by atoms with E-state index in [0.29, 0.717) is 25.3 Å². The van der Waals surface area contributed by atoms with Gasteiger partial charge in [0, 0.05) is 56.1 Å². The summed E-state index contributed by atoms with van der Waals surface area (Å²) in [5.41, 5.74) is 2.70. The molecule has 0 unspecified atom stereocenters. The molecular formula is C22H28N2O3. The van der Waals surface area contributed by atoms with Gasteiger partial charge < -0.3 is 19.7 Å². The van der Waals surface area contributed by atoms with E-state index in [2.05, 4.69) is 11.4 Å². The number of carbonyl (C=O) groups is 1. The average Bonchev–Trinajstić information content (AvgIpc) is 2.72. The van der Waals surface area contributed by atoms with Gasteiger partial charge >= 0.3 is 0 Å². The van der Waals surface area contributed by atoms with Gasteiger partial charge in [0.25, 0.3) is 5.91 Å². The van der Waals surface area contributed by atoms with E-state index in [9.17, 15) is 4.79 Å². The molecule has 1 fully saturated rings. The van der Waals surface area contributed by atoms with Gasteiger partial charge in [-0.25, -0.2) is 0 Å². The first-order valence-corrected chi connectivity index (χ1v) is 9.32. The van der Waals surface area contributed by atoms with E-state index in [0.717, 1.165) is 29.8 Å². The first-order chi connectivity index (χ1) is 13.1. The Balaban J connectivity index is 1.78. The van der Waals surface area contributed by atoms with Gasteiger partial charge in [-0.3, -0.25) is 4.79 Å². The molecule has 5 heteroatoms. The van der Waals surface area contributed by atoms with Crippen LogP contribution < -0.4 is 15.0 Å². The highest BCUT2D eigenvalue weighted by atomic mass is 16.5. The predicted molar refractivity (Wildman–Crippen MR) is 108 cm³/mol. The molecule has 27 heavy (non-hydrogen) atoms. The summed E-state index contributed by atoms with van der Waals surface area (Å²) in [4.78, 5) is 14.7.